The summed E-state index contributed by atoms with van der Waals surface area (Å²) >= 11 is 6.27. The lowest BCUT2D eigenvalue weighted by Crippen LogP contribution is -2.24. The SMILES string of the molecule is Cc1ccc(CC(C)(O)c2ccc(C)c(C)c2)c(Cl)c1. The molecule has 0 amide bonds. The Morgan fingerprint density at radius 1 is 1.00 bits per heavy atom. The number of hydrogen-bond acceptors (Lipinski definition) is 1. The fourth-order valence-corrected chi connectivity index (χ4v) is 2.65. The third kappa shape index (κ3) is 3.23. The summed E-state index contributed by atoms with van der Waals surface area (Å²) in [5.41, 5.74) is 4.54. The van der Waals surface area contributed by atoms with Gasteiger partial charge in [-0.25, -0.2) is 0 Å². The molecular weight excluding hydrogens is 268 g/mol. The molecule has 1 atom stereocenters. The number of hydrogen-bond donors (Lipinski definition) is 1. The summed E-state index contributed by atoms with van der Waals surface area (Å²) in [6.45, 7) is 7.99. The molecule has 1 unspecified atom stereocenters. The molecule has 0 aromatic heterocycles. The molecule has 0 heterocycles. The minimum absolute atomic E-state index is 0.509. The van der Waals surface area contributed by atoms with Gasteiger partial charge in [0.1, 0.15) is 0 Å². The Labute approximate surface area is 126 Å². The fraction of sp³-hybridized carbons (Fsp3) is 0.333. The summed E-state index contributed by atoms with van der Waals surface area (Å²) in [6.07, 6.45) is 0.509. The van der Waals surface area contributed by atoms with Crippen molar-refractivity contribution in [3.8, 4) is 0 Å². The van der Waals surface area contributed by atoms with E-state index in [-0.39, 0.29) is 0 Å². The molecule has 1 N–H and O–H groups in total. The van der Waals surface area contributed by atoms with Crippen LogP contribution >= 0.6 is 11.6 Å². The summed E-state index contributed by atoms with van der Waals surface area (Å²) in [5, 5.41) is 11.5. The van der Waals surface area contributed by atoms with Gasteiger partial charge >= 0.3 is 0 Å². The highest BCUT2D eigenvalue weighted by Gasteiger charge is 2.25. The van der Waals surface area contributed by atoms with E-state index in [4.69, 9.17) is 11.6 Å². The van der Waals surface area contributed by atoms with Crippen molar-refractivity contribution in [2.45, 2.75) is 39.7 Å². The van der Waals surface area contributed by atoms with Crippen molar-refractivity contribution in [1.29, 1.82) is 0 Å². The van der Waals surface area contributed by atoms with Crippen molar-refractivity contribution in [3.63, 3.8) is 0 Å². The van der Waals surface area contributed by atoms with Crippen molar-refractivity contribution in [1.82, 2.24) is 0 Å². The average Bonchev–Trinajstić information content (AvgIpc) is 2.36. The van der Waals surface area contributed by atoms with E-state index in [1.165, 1.54) is 11.1 Å². The quantitative estimate of drug-likeness (QED) is 0.867. The molecule has 0 saturated carbocycles. The first-order valence-corrected chi connectivity index (χ1v) is 7.22. The van der Waals surface area contributed by atoms with Gasteiger partial charge in [-0.15, -0.1) is 0 Å². The molecule has 1 nitrogen and oxygen atoms in total. The second kappa shape index (κ2) is 5.59. The van der Waals surface area contributed by atoms with Crippen molar-refractivity contribution in [3.05, 3.63) is 69.2 Å². The topological polar surface area (TPSA) is 20.2 Å². The summed E-state index contributed by atoms with van der Waals surface area (Å²) < 4.78 is 0. The highest BCUT2D eigenvalue weighted by molar-refractivity contribution is 6.31. The van der Waals surface area contributed by atoms with Gasteiger partial charge in [0.05, 0.1) is 5.60 Å². The van der Waals surface area contributed by atoms with Gasteiger partial charge in [-0.1, -0.05) is 41.9 Å². The van der Waals surface area contributed by atoms with E-state index in [1.807, 2.05) is 38.1 Å². The van der Waals surface area contributed by atoms with Crippen molar-refractivity contribution < 1.29 is 5.11 Å². The van der Waals surface area contributed by atoms with Crippen LogP contribution in [0.2, 0.25) is 5.02 Å². The van der Waals surface area contributed by atoms with Gasteiger partial charge in [0.15, 0.2) is 0 Å². The molecule has 0 aliphatic heterocycles. The standard InChI is InChI=1S/C18H21ClO/c1-12-5-7-15(17(19)9-12)11-18(4,20)16-8-6-13(2)14(3)10-16/h5-10,20H,11H2,1-4H3. The van der Waals surface area contributed by atoms with Gasteiger partial charge < -0.3 is 5.11 Å². The van der Waals surface area contributed by atoms with Gasteiger partial charge in [-0.2, -0.15) is 0 Å². The number of aryl methyl sites for hydroxylation is 3. The molecule has 2 heteroatoms. The van der Waals surface area contributed by atoms with Crippen LogP contribution in [0.15, 0.2) is 36.4 Å². The van der Waals surface area contributed by atoms with E-state index in [9.17, 15) is 5.11 Å². The van der Waals surface area contributed by atoms with E-state index in [0.29, 0.717) is 11.4 Å². The zero-order valence-corrected chi connectivity index (χ0v) is 13.3. The van der Waals surface area contributed by atoms with E-state index in [2.05, 4.69) is 26.0 Å². The summed E-state index contributed by atoms with van der Waals surface area (Å²) in [5.74, 6) is 0. The van der Waals surface area contributed by atoms with Crippen molar-refractivity contribution >= 4 is 11.6 Å². The number of aliphatic hydroxyl groups is 1. The molecule has 2 aromatic rings. The molecular formula is C18H21ClO. The van der Waals surface area contributed by atoms with Crippen LogP contribution in [-0.4, -0.2) is 5.11 Å². The molecule has 20 heavy (non-hydrogen) atoms. The molecule has 0 aliphatic rings. The first-order valence-electron chi connectivity index (χ1n) is 6.85. The van der Waals surface area contributed by atoms with E-state index >= 15 is 0 Å². The van der Waals surface area contributed by atoms with Gasteiger partial charge in [0.25, 0.3) is 0 Å². The minimum Gasteiger partial charge on any atom is -0.385 e. The maximum absolute atomic E-state index is 10.8. The maximum Gasteiger partial charge on any atom is 0.0909 e. The zero-order valence-electron chi connectivity index (χ0n) is 12.5. The molecule has 106 valence electrons. The molecule has 0 fully saturated rings. The number of halogens is 1. The van der Waals surface area contributed by atoms with Crippen LogP contribution in [0.4, 0.5) is 0 Å². The van der Waals surface area contributed by atoms with Crippen molar-refractivity contribution in [2.75, 3.05) is 0 Å². The van der Waals surface area contributed by atoms with E-state index in [0.717, 1.165) is 16.7 Å². The number of rotatable bonds is 3. The molecule has 0 spiro atoms. The largest absolute Gasteiger partial charge is 0.385 e. The molecule has 0 saturated heterocycles. The van der Waals surface area contributed by atoms with Crippen LogP contribution in [0.3, 0.4) is 0 Å². The lowest BCUT2D eigenvalue weighted by Gasteiger charge is -2.25. The molecule has 2 aromatic carbocycles. The van der Waals surface area contributed by atoms with Crippen LogP contribution in [0.5, 0.6) is 0 Å². The minimum atomic E-state index is -0.919. The second-order valence-electron chi connectivity index (χ2n) is 5.84. The summed E-state index contributed by atoms with van der Waals surface area (Å²) in [7, 11) is 0. The van der Waals surface area contributed by atoms with Crippen LogP contribution in [0.1, 0.15) is 34.7 Å². The maximum atomic E-state index is 10.8. The molecule has 2 rings (SSSR count). The average molecular weight is 289 g/mol. The normalized spacial score (nSPS) is 14.1. The Morgan fingerprint density at radius 3 is 2.30 bits per heavy atom. The predicted molar refractivity (Wildman–Crippen MR) is 85.4 cm³/mol. The van der Waals surface area contributed by atoms with Gasteiger partial charge in [0.2, 0.25) is 0 Å². The van der Waals surface area contributed by atoms with E-state index < -0.39 is 5.60 Å². The van der Waals surface area contributed by atoms with Gasteiger partial charge in [-0.05, 0) is 61.6 Å². The van der Waals surface area contributed by atoms with Crippen LogP contribution in [0.25, 0.3) is 0 Å². The first-order chi connectivity index (χ1) is 9.29. The highest BCUT2D eigenvalue weighted by Crippen LogP contribution is 2.30. The smallest absolute Gasteiger partial charge is 0.0909 e. The van der Waals surface area contributed by atoms with Crippen molar-refractivity contribution in [2.24, 2.45) is 0 Å². The Balaban J connectivity index is 2.32. The molecule has 0 aliphatic carbocycles. The Kier molecular flexibility index (Phi) is 4.22. The zero-order chi connectivity index (χ0) is 14.9. The first kappa shape index (κ1) is 15.1. The lowest BCUT2D eigenvalue weighted by molar-refractivity contribution is 0.0576. The monoisotopic (exact) mass is 288 g/mol. The highest BCUT2D eigenvalue weighted by atomic mass is 35.5. The molecule has 0 bridgehead atoms. The molecule has 0 radical (unpaired) electrons. The van der Waals surface area contributed by atoms with Crippen LogP contribution in [0, 0.1) is 20.8 Å². The fourth-order valence-electron chi connectivity index (χ4n) is 2.35. The lowest BCUT2D eigenvalue weighted by atomic mass is 9.87. The second-order valence-corrected chi connectivity index (χ2v) is 6.25. The van der Waals surface area contributed by atoms with Gasteiger partial charge in [-0.3, -0.25) is 0 Å². The van der Waals surface area contributed by atoms with Crippen LogP contribution < -0.4 is 0 Å². The Bertz CT molecular complexity index is 629. The third-order valence-electron chi connectivity index (χ3n) is 3.87. The summed E-state index contributed by atoms with van der Waals surface area (Å²) in [6, 6.07) is 12.1. The number of benzene rings is 2. The summed E-state index contributed by atoms with van der Waals surface area (Å²) in [4.78, 5) is 0. The third-order valence-corrected chi connectivity index (χ3v) is 4.22. The predicted octanol–water partition coefficient (Wildman–Crippen LogP) is 4.72. The van der Waals surface area contributed by atoms with E-state index in [1.54, 1.807) is 0 Å². The Hall–Kier alpha value is -1.31. The Morgan fingerprint density at radius 2 is 1.70 bits per heavy atom. The van der Waals surface area contributed by atoms with Crippen LogP contribution in [-0.2, 0) is 12.0 Å². The van der Waals surface area contributed by atoms with Gasteiger partial charge in [0, 0.05) is 11.4 Å².